The van der Waals surface area contributed by atoms with Crippen molar-refractivity contribution >= 4 is 33.3 Å². The van der Waals surface area contributed by atoms with Gasteiger partial charge in [0, 0.05) is 37.7 Å². The summed E-state index contributed by atoms with van der Waals surface area (Å²) in [7, 11) is -0.225. The van der Waals surface area contributed by atoms with Crippen molar-refractivity contribution in [1.29, 1.82) is 0 Å². The summed E-state index contributed by atoms with van der Waals surface area (Å²) in [5.41, 5.74) is 1.13. The number of nitrogens with zero attached hydrogens (tertiary/aromatic N) is 4. The summed E-state index contributed by atoms with van der Waals surface area (Å²) in [6.07, 6.45) is 1.17. The zero-order valence-electron chi connectivity index (χ0n) is 21.6. The zero-order valence-corrected chi connectivity index (χ0v) is 23.1. The Labute approximate surface area is 222 Å². The quantitative estimate of drug-likeness (QED) is 0.459. The van der Waals surface area contributed by atoms with Crippen LogP contribution in [0, 0.1) is 0 Å². The molecule has 1 aliphatic heterocycles. The third-order valence-electron chi connectivity index (χ3n) is 7.41. The number of aliphatic hydroxyl groups is 1. The van der Waals surface area contributed by atoms with Crippen LogP contribution in [-0.2, 0) is 22.9 Å². The average Bonchev–Trinajstić information content (AvgIpc) is 3.50. The van der Waals surface area contributed by atoms with Crippen molar-refractivity contribution in [3.05, 3.63) is 52.6 Å². The Hall–Kier alpha value is -2.47. The Morgan fingerprint density at radius 1 is 1.24 bits per heavy atom. The first-order chi connectivity index (χ1) is 17.3. The fourth-order valence-electron chi connectivity index (χ4n) is 4.75. The number of benzene rings is 1. The van der Waals surface area contributed by atoms with E-state index in [1.165, 1.54) is 11.1 Å². The first-order valence-corrected chi connectivity index (χ1v) is 14.1. The molecule has 2 aromatic rings. The minimum atomic E-state index is -3.78. The lowest BCUT2D eigenvalue weighted by Crippen LogP contribution is -2.56. The maximum atomic E-state index is 13.7. The number of fused-ring (bicyclic) bond motifs is 1. The third-order valence-corrected chi connectivity index (χ3v) is 11.0. The molecule has 1 atom stereocenters. The minimum Gasteiger partial charge on any atom is -0.390 e. The van der Waals surface area contributed by atoms with Crippen LogP contribution in [0.4, 0.5) is 0 Å². The van der Waals surface area contributed by atoms with Gasteiger partial charge in [0.2, 0.25) is 0 Å². The number of hydrogen-bond acceptors (Lipinski definition) is 7. The highest BCUT2D eigenvalue weighted by molar-refractivity contribution is 7.94. The molecule has 4 rings (SSSR count). The van der Waals surface area contributed by atoms with Gasteiger partial charge in [0.1, 0.15) is 5.69 Å². The smallest absolute Gasteiger partial charge is 0.287 e. The molecular weight excluding hydrogens is 518 g/mol. The number of aromatic nitrogens is 2. The molecule has 1 saturated carbocycles. The number of likely N-dealkylation sites (N-methyl/N-ethyl adjacent to an activating group) is 1. The van der Waals surface area contributed by atoms with Crippen LogP contribution in [0.25, 0.3) is 0 Å². The maximum absolute atomic E-state index is 13.7. The highest BCUT2D eigenvalue weighted by atomic mass is 35.5. The van der Waals surface area contributed by atoms with Gasteiger partial charge in [-0.3, -0.25) is 9.59 Å². The zero-order chi connectivity index (χ0) is 27.2. The van der Waals surface area contributed by atoms with E-state index in [1.807, 2.05) is 12.1 Å². The molecule has 0 spiro atoms. The van der Waals surface area contributed by atoms with Gasteiger partial charge in [0.25, 0.3) is 11.8 Å². The molecule has 1 aromatic heterocycles. The van der Waals surface area contributed by atoms with Crippen LogP contribution in [-0.4, -0.2) is 94.0 Å². The summed E-state index contributed by atoms with van der Waals surface area (Å²) >= 11 is 5.90. The summed E-state index contributed by atoms with van der Waals surface area (Å²) in [4.78, 5) is 33.5. The number of halogens is 1. The molecule has 0 radical (unpaired) electrons. The van der Waals surface area contributed by atoms with Crippen molar-refractivity contribution in [3.63, 3.8) is 0 Å². The molecule has 2 heterocycles. The SMILES string of the molecule is CN(C)C[C@@H](O)C(C)(C)S(=O)(=O)C1(CN2CCn3c(cnc3C(=O)NCc3ccc(Cl)cc3)C2=O)CC1. The number of carbonyl (C=O) groups excluding carboxylic acids is 2. The number of carbonyl (C=O) groups is 2. The van der Waals surface area contributed by atoms with Crippen LogP contribution in [0.1, 0.15) is 53.4 Å². The maximum Gasteiger partial charge on any atom is 0.287 e. The molecule has 0 unspecified atom stereocenters. The number of amides is 2. The van der Waals surface area contributed by atoms with Crippen LogP contribution in [0.2, 0.25) is 5.02 Å². The number of sulfone groups is 1. The van der Waals surface area contributed by atoms with Crippen molar-refractivity contribution in [2.24, 2.45) is 0 Å². The Morgan fingerprint density at radius 3 is 2.49 bits per heavy atom. The highest BCUT2D eigenvalue weighted by Gasteiger charge is 2.62. The average molecular weight is 552 g/mol. The Balaban J connectivity index is 1.46. The lowest BCUT2D eigenvalue weighted by atomic mass is 10.1. The highest BCUT2D eigenvalue weighted by Crippen LogP contribution is 2.50. The van der Waals surface area contributed by atoms with Crippen molar-refractivity contribution in [1.82, 2.24) is 24.7 Å². The second-order valence-electron chi connectivity index (χ2n) is 10.7. The van der Waals surface area contributed by atoms with E-state index in [-0.39, 0.29) is 43.6 Å². The van der Waals surface area contributed by atoms with E-state index >= 15 is 0 Å². The van der Waals surface area contributed by atoms with Gasteiger partial charge >= 0.3 is 0 Å². The standard InChI is InChI=1S/C25H34ClN5O5S/c1-24(2,20(32)15-29(3)4)37(35,36)25(9-10-25)16-30-11-12-31-19(23(30)34)14-27-21(31)22(33)28-13-17-5-7-18(26)8-6-17/h5-8,14,20,32H,9-13,15-16H2,1-4H3,(H,28,33)/t20-/m1/s1. The van der Waals surface area contributed by atoms with Crippen LogP contribution >= 0.6 is 11.6 Å². The molecule has 2 amide bonds. The van der Waals surface area contributed by atoms with Crippen molar-refractivity contribution in [3.8, 4) is 0 Å². The predicted octanol–water partition coefficient (Wildman–Crippen LogP) is 1.57. The molecule has 37 heavy (non-hydrogen) atoms. The lowest BCUT2D eigenvalue weighted by molar-refractivity contribution is 0.0696. The summed E-state index contributed by atoms with van der Waals surface area (Å²) < 4.78 is 26.5. The monoisotopic (exact) mass is 551 g/mol. The Morgan fingerprint density at radius 2 is 1.89 bits per heavy atom. The largest absolute Gasteiger partial charge is 0.390 e. The summed E-state index contributed by atoms with van der Waals surface area (Å²) in [5.74, 6) is -0.623. The summed E-state index contributed by atoms with van der Waals surface area (Å²) in [5, 5.41) is 14.1. The Kier molecular flexibility index (Phi) is 7.46. The Bertz CT molecular complexity index is 1290. The van der Waals surface area contributed by atoms with E-state index in [1.54, 1.807) is 49.5 Å². The fraction of sp³-hybridized carbons (Fsp3) is 0.560. The van der Waals surface area contributed by atoms with Crippen LogP contribution in [0.5, 0.6) is 0 Å². The molecule has 2 aliphatic rings. The van der Waals surface area contributed by atoms with E-state index in [2.05, 4.69) is 10.3 Å². The number of nitrogens with one attached hydrogen (secondary N) is 1. The predicted molar refractivity (Wildman–Crippen MR) is 140 cm³/mol. The summed E-state index contributed by atoms with van der Waals surface area (Å²) in [6, 6.07) is 7.11. The minimum absolute atomic E-state index is 0.0511. The van der Waals surface area contributed by atoms with Gasteiger partial charge < -0.3 is 24.8 Å². The molecule has 2 N–H and O–H groups in total. The number of rotatable bonds is 10. The van der Waals surface area contributed by atoms with Gasteiger partial charge in [-0.1, -0.05) is 23.7 Å². The first-order valence-electron chi connectivity index (χ1n) is 12.2. The number of imidazole rings is 1. The molecule has 0 saturated heterocycles. The van der Waals surface area contributed by atoms with Crippen LogP contribution < -0.4 is 5.32 Å². The first kappa shape index (κ1) is 27.6. The molecule has 1 aromatic carbocycles. The van der Waals surface area contributed by atoms with E-state index in [0.29, 0.717) is 24.4 Å². The third kappa shape index (κ3) is 5.14. The lowest BCUT2D eigenvalue weighted by Gasteiger charge is -2.38. The van der Waals surface area contributed by atoms with E-state index in [9.17, 15) is 23.1 Å². The normalized spacial score (nSPS) is 18.0. The number of aliphatic hydroxyl groups excluding tert-OH is 1. The van der Waals surface area contributed by atoms with E-state index in [0.717, 1.165) is 5.56 Å². The second-order valence-corrected chi connectivity index (χ2v) is 14.1. The topological polar surface area (TPSA) is 125 Å². The molecular formula is C25H34ClN5O5S. The van der Waals surface area contributed by atoms with Gasteiger partial charge in [-0.2, -0.15) is 0 Å². The van der Waals surface area contributed by atoms with Crippen molar-refractivity contribution in [2.45, 2.75) is 55.4 Å². The van der Waals surface area contributed by atoms with Gasteiger partial charge in [-0.05, 0) is 58.5 Å². The van der Waals surface area contributed by atoms with E-state index < -0.39 is 31.3 Å². The molecule has 1 fully saturated rings. The van der Waals surface area contributed by atoms with Crippen molar-refractivity contribution in [2.75, 3.05) is 33.7 Å². The molecule has 202 valence electrons. The van der Waals surface area contributed by atoms with Gasteiger partial charge in [0.05, 0.1) is 21.8 Å². The van der Waals surface area contributed by atoms with Gasteiger partial charge in [-0.25, -0.2) is 13.4 Å². The van der Waals surface area contributed by atoms with E-state index in [4.69, 9.17) is 11.6 Å². The molecule has 0 bridgehead atoms. The van der Waals surface area contributed by atoms with Gasteiger partial charge in [-0.15, -0.1) is 0 Å². The van der Waals surface area contributed by atoms with Crippen LogP contribution in [0.3, 0.4) is 0 Å². The molecule has 12 heteroatoms. The molecule has 1 aliphatic carbocycles. The molecule has 10 nitrogen and oxygen atoms in total. The number of hydrogen-bond donors (Lipinski definition) is 2. The van der Waals surface area contributed by atoms with Crippen molar-refractivity contribution < 1.29 is 23.1 Å². The fourth-order valence-corrected chi connectivity index (χ4v) is 7.39. The van der Waals surface area contributed by atoms with Crippen LogP contribution in [0.15, 0.2) is 30.5 Å². The summed E-state index contributed by atoms with van der Waals surface area (Å²) in [6.45, 7) is 4.25. The van der Waals surface area contributed by atoms with Gasteiger partial charge in [0.15, 0.2) is 15.7 Å². The second kappa shape index (κ2) is 10.0.